The molecule has 0 aromatic heterocycles. The summed E-state index contributed by atoms with van der Waals surface area (Å²) in [6.45, 7) is 5.26. The van der Waals surface area contributed by atoms with Gasteiger partial charge in [-0.05, 0) is 38.1 Å². The van der Waals surface area contributed by atoms with E-state index in [1.807, 2.05) is 0 Å². The molecule has 100 valence electrons. The molecule has 0 bridgehead atoms. The molecule has 2 fully saturated rings. The molecule has 1 N–H and O–H groups in total. The summed E-state index contributed by atoms with van der Waals surface area (Å²) in [7, 11) is -3.05. The molecule has 0 aliphatic carbocycles. The van der Waals surface area contributed by atoms with Crippen LogP contribution in [0.5, 0.6) is 0 Å². The average molecular weight is 260 g/mol. The van der Waals surface area contributed by atoms with Crippen LogP contribution in [0.1, 0.15) is 39.0 Å². The third-order valence-corrected chi connectivity index (χ3v) is 6.51. The predicted molar refractivity (Wildman–Crippen MR) is 69.4 cm³/mol. The van der Waals surface area contributed by atoms with Crippen molar-refractivity contribution < 1.29 is 8.42 Å². The van der Waals surface area contributed by atoms with E-state index in [4.69, 9.17) is 0 Å². The van der Waals surface area contributed by atoms with Crippen LogP contribution >= 0.6 is 0 Å². The van der Waals surface area contributed by atoms with Crippen molar-refractivity contribution in [1.82, 2.24) is 9.62 Å². The molecule has 0 amide bonds. The van der Waals surface area contributed by atoms with Gasteiger partial charge in [-0.25, -0.2) is 12.7 Å². The van der Waals surface area contributed by atoms with Gasteiger partial charge < -0.3 is 5.32 Å². The van der Waals surface area contributed by atoms with Crippen LogP contribution in [0.25, 0.3) is 0 Å². The number of hydrogen-bond acceptors (Lipinski definition) is 3. The molecule has 1 unspecified atom stereocenters. The van der Waals surface area contributed by atoms with E-state index in [9.17, 15) is 8.42 Å². The molecule has 0 saturated carbocycles. The monoisotopic (exact) mass is 260 g/mol. The quantitative estimate of drug-likeness (QED) is 0.829. The Morgan fingerprint density at radius 2 is 1.94 bits per heavy atom. The van der Waals surface area contributed by atoms with E-state index in [-0.39, 0.29) is 5.25 Å². The molecule has 1 atom stereocenters. The second-order valence-corrected chi connectivity index (χ2v) is 7.48. The summed E-state index contributed by atoms with van der Waals surface area (Å²) in [5.41, 5.74) is 0. The van der Waals surface area contributed by atoms with Crippen LogP contribution < -0.4 is 5.32 Å². The van der Waals surface area contributed by atoms with E-state index in [1.54, 1.807) is 4.31 Å². The van der Waals surface area contributed by atoms with Crippen molar-refractivity contribution in [2.45, 2.75) is 44.3 Å². The topological polar surface area (TPSA) is 49.4 Å². The Balaban J connectivity index is 1.96. The van der Waals surface area contributed by atoms with Gasteiger partial charge in [0, 0.05) is 19.6 Å². The van der Waals surface area contributed by atoms with Crippen LogP contribution in [-0.2, 0) is 10.0 Å². The van der Waals surface area contributed by atoms with Crippen molar-refractivity contribution in [3.05, 3.63) is 0 Å². The van der Waals surface area contributed by atoms with Crippen molar-refractivity contribution in [2.75, 3.05) is 26.2 Å². The van der Waals surface area contributed by atoms with Gasteiger partial charge in [-0.2, -0.15) is 0 Å². The lowest BCUT2D eigenvalue weighted by Gasteiger charge is -2.34. The summed E-state index contributed by atoms with van der Waals surface area (Å²) in [4.78, 5) is 0. The number of piperidine rings is 2. The average Bonchev–Trinajstić information content (AvgIpc) is 2.40. The Bertz CT molecular complexity index is 328. The fraction of sp³-hybridized carbons (Fsp3) is 1.00. The minimum absolute atomic E-state index is 0.186. The summed E-state index contributed by atoms with van der Waals surface area (Å²) in [6.07, 6.45) is 5.06. The van der Waals surface area contributed by atoms with Gasteiger partial charge in [0.25, 0.3) is 0 Å². The van der Waals surface area contributed by atoms with E-state index in [2.05, 4.69) is 12.2 Å². The Labute approximate surface area is 105 Å². The molecule has 17 heavy (non-hydrogen) atoms. The molecule has 2 heterocycles. The van der Waals surface area contributed by atoms with Gasteiger partial charge in [0.05, 0.1) is 5.25 Å². The lowest BCUT2D eigenvalue weighted by Crippen LogP contribution is -2.48. The lowest BCUT2D eigenvalue weighted by atomic mass is 9.96. The van der Waals surface area contributed by atoms with E-state index >= 15 is 0 Å². The molecule has 5 heteroatoms. The van der Waals surface area contributed by atoms with Gasteiger partial charge in [-0.3, -0.25) is 0 Å². The Morgan fingerprint density at radius 1 is 1.24 bits per heavy atom. The summed E-state index contributed by atoms with van der Waals surface area (Å²) in [6, 6.07) is 0. The van der Waals surface area contributed by atoms with Gasteiger partial charge >= 0.3 is 0 Å². The number of nitrogens with zero attached hydrogens (tertiary/aromatic N) is 1. The van der Waals surface area contributed by atoms with Crippen LogP contribution in [0.4, 0.5) is 0 Å². The minimum atomic E-state index is -3.05. The summed E-state index contributed by atoms with van der Waals surface area (Å²) in [5, 5.41) is 3.01. The summed E-state index contributed by atoms with van der Waals surface area (Å²) < 4.78 is 26.6. The first-order valence-electron chi connectivity index (χ1n) is 6.84. The van der Waals surface area contributed by atoms with Crippen LogP contribution in [-0.4, -0.2) is 44.2 Å². The Kier molecular flexibility index (Phi) is 4.44. The van der Waals surface area contributed by atoms with Crippen molar-refractivity contribution >= 4 is 10.0 Å². The Morgan fingerprint density at radius 3 is 2.47 bits per heavy atom. The number of sulfonamides is 1. The highest BCUT2D eigenvalue weighted by molar-refractivity contribution is 7.89. The zero-order valence-electron chi connectivity index (χ0n) is 10.7. The van der Waals surface area contributed by atoms with Gasteiger partial charge in [0.15, 0.2) is 0 Å². The first kappa shape index (κ1) is 13.3. The van der Waals surface area contributed by atoms with E-state index in [0.717, 1.165) is 51.2 Å². The van der Waals surface area contributed by atoms with Crippen molar-refractivity contribution in [1.29, 1.82) is 0 Å². The molecular weight excluding hydrogens is 236 g/mol. The van der Waals surface area contributed by atoms with Crippen LogP contribution in [0, 0.1) is 5.92 Å². The summed E-state index contributed by atoms with van der Waals surface area (Å²) >= 11 is 0. The van der Waals surface area contributed by atoms with E-state index < -0.39 is 10.0 Å². The number of hydrogen-bond donors (Lipinski definition) is 1. The molecule has 0 aromatic carbocycles. The van der Waals surface area contributed by atoms with E-state index in [1.165, 1.54) is 6.42 Å². The molecule has 2 aliphatic rings. The maximum atomic E-state index is 12.4. The third-order valence-electron chi connectivity index (χ3n) is 4.18. The SMILES string of the molecule is CCC1CCN(S(=O)(=O)C2CCCNC2)CC1. The standard InChI is InChI=1S/C12H24N2O2S/c1-2-11-5-8-14(9-6-11)17(15,16)12-4-3-7-13-10-12/h11-13H,2-10H2,1H3. The Hall–Kier alpha value is -0.130. The van der Waals surface area contributed by atoms with Gasteiger partial charge in [0.1, 0.15) is 0 Å². The first-order valence-corrected chi connectivity index (χ1v) is 8.34. The van der Waals surface area contributed by atoms with Crippen molar-refractivity contribution in [2.24, 2.45) is 5.92 Å². The zero-order valence-corrected chi connectivity index (χ0v) is 11.5. The molecule has 0 spiro atoms. The van der Waals surface area contributed by atoms with E-state index in [0.29, 0.717) is 6.54 Å². The fourth-order valence-electron chi connectivity index (χ4n) is 2.86. The number of nitrogens with one attached hydrogen (secondary N) is 1. The molecule has 0 aromatic rings. The number of rotatable bonds is 3. The normalized spacial score (nSPS) is 29.4. The largest absolute Gasteiger partial charge is 0.315 e. The highest BCUT2D eigenvalue weighted by Gasteiger charge is 2.34. The molecule has 2 saturated heterocycles. The smallest absolute Gasteiger partial charge is 0.218 e. The highest BCUT2D eigenvalue weighted by atomic mass is 32.2. The second kappa shape index (κ2) is 5.67. The maximum absolute atomic E-state index is 12.4. The molecule has 4 nitrogen and oxygen atoms in total. The van der Waals surface area contributed by atoms with Crippen LogP contribution in [0.3, 0.4) is 0 Å². The molecule has 0 radical (unpaired) electrons. The third kappa shape index (κ3) is 3.01. The lowest BCUT2D eigenvalue weighted by molar-refractivity contribution is 0.265. The molecule has 2 aliphatic heterocycles. The van der Waals surface area contributed by atoms with Crippen LogP contribution in [0.2, 0.25) is 0 Å². The van der Waals surface area contributed by atoms with Gasteiger partial charge in [0.2, 0.25) is 10.0 Å². The van der Waals surface area contributed by atoms with Gasteiger partial charge in [-0.15, -0.1) is 0 Å². The van der Waals surface area contributed by atoms with Crippen LogP contribution in [0.15, 0.2) is 0 Å². The predicted octanol–water partition coefficient (Wildman–Crippen LogP) is 1.19. The zero-order chi connectivity index (χ0) is 12.3. The second-order valence-electron chi connectivity index (χ2n) is 5.26. The minimum Gasteiger partial charge on any atom is -0.315 e. The maximum Gasteiger partial charge on any atom is 0.218 e. The van der Waals surface area contributed by atoms with Gasteiger partial charge in [-0.1, -0.05) is 13.3 Å². The van der Waals surface area contributed by atoms with Crippen molar-refractivity contribution in [3.8, 4) is 0 Å². The summed E-state index contributed by atoms with van der Waals surface area (Å²) in [5.74, 6) is 0.728. The first-order chi connectivity index (χ1) is 8.14. The highest BCUT2D eigenvalue weighted by Crippen LogP contribution is 2.25. The molecular formula is C12H24N2O2S. The fourth-order valence-corrected chi connectivity index (χ4v) is 4.79. The van der Waals surface area contributed by atoms with Crippen molar-refractivity contribution in [3.63, 3.8) is 0 Å². The molecule has 2 rings (SSSR count).